The fraction of sp³-hybridized carbons (Fsp3) is 0.588. The third-order valence-electron chi connectivity index (χ3n) is 4.60. The van der Waals surface area contributed by atoms with Crippen LogP contribution in [0.15, 0.2) is 24.3 Å². The summed E-state index contributed by atoms with van der Waals surface area (Å²) in [7, 11) is 0. The summed E-state index contributed by atoms with van der Waals surface area (Å²) in [5.74, 6) is 0.262. The van der Waals surface area contributed by atoms with Gasteiger partial charge in [-0.2, -0.15) is 0 Å². The van der Waals surface area contributed by atoms with E-state index in [1.165, 1.54) is 0 Å². The molecule has 2 saturated heterocycles. The second kappa shape index (κ2) is 7.99. The van der Waals surface area contributed by atoms with E-state index in [4.69, 9.17) is 11.6 Å². The summed E-state index contributed by atoms with van der Waals surface area (Å²) >= 11 is 6.06. The van der Waals surface area contributed by atoms with Crippen molar-refractivity contribution in [1.82, 2.24) is 15.1 Å². The molecule has 2 aliphatic heterocycles. The topological polar surface area (TPSA) is 38.8 Å². The molecule has 0 spiro atoms. The van der Waals surface area contributed by atoms with E-state index in [-0.39, 0.29) is 5.91 Å². The van der Waals surface area contributed by atoms with Crippen LogP contribution in [-0.4, -0.2) is 74.6 Å². The Hall–Kier alpha value is -1.30. The number of hydrogen-bond donors (Lipinski definition) is 1. The van der Waals surface area contributed by atoms with Crippen LogP contribution < -0.4 is 10.2 Å². The van der Waals surface area contributed by atoms with Crippen LogP contribution in [0.1, 0.15) is 6.42 Å². The molecule has 2 fully saturated rings. The normalized spacial score (nSPS) is 20.4. The number of carbonyl (C=O) groups excluding carboxylic acids is 1. The Kier molecular flexibility index (Phi) is 5.75. The maximum absolute atomic E-state index is 12.5. The second-order valence-electron chi connectivity index (χ2n) is 6.23. The lowest BCUT2D eigenvalue weighted by atomic mass is 10.2. The molecule has 23 heavy (non-hydrogen) atoms. The van der Waals surface area contributed by atoms with Gasteiger partial charge in [-0.05, 0) is 37.7 Å². The first-order valence-corrected chi connectivity index (χ1v) is 8.81. The summed E-state index contributed by atoms with van der Waals surface area (Å²) in [6, 6.07) is 7.93. The molecule has 0 saturated carbocycles. The van der Waals surface area contributed by atoms with E-state index in [2.05, 4.69) is 21.2 Å². The number of hydrogen-bond acceptors (Lipinski definition) is 4. The highest BCUT2D eigenvalue weighted by atomic mass is 35.5. The first kappa shape index (κ1) is 16.6. The van der Waals surface area contributed by atoms with Gasteiger partial charge in [0.05, 0.1) is 6.54 Å². The van der Waals surface area contributed by atoms with Gasteiger partial charge in [-0.1, -0.05) is 17.7 Å². The minimum Gasteiger partial charge on any atom is -0.368 e. The summed E-state index contributed by atoms with van der Waals surface area (Å²) in [5.41, 5.74) is 1.14. The molecule has 0 aliphatic carbocycles. The summed E-state index contributed by atoms with van der Waals surface area (Å²) < 4.78 is 0. The van der Waals surface area contributed by atoms with Crippen LogP contribution in [0.3, 0.4) is 0 Å². The first-order valence-electron chi connectivity index (χ1n) is 8.44. The Morgan fingerprint density at radius 1 is 1.09 bits per heavy atom. The molecule has 1 aromatic carbocycles. The Morgan fingerprint density at radius 3 is 2.70 bits per heavy atom. The molecule has 3 rings (SSSR count). The molecule has 6 heteroatoms. The fourth-order valence-electron chi connectivity index (χ4n) is 3.24. The maximum Gasteiger partial charge on any atom is 0.236 e. The van der Waals surface area contributed by atoms with E-state index < -0.39 is 0 Å². The molecule has 1 amide bonds. The van der Waals surface area contributed by atoms with Crippen LogP contribution in [0.25, 0.3) is 0 Å². The number of benzene rings is 1. The number of nitrogens with one attached hydrogen (secondary N) is 1. The smallest absolute Gasteiger partial charge is 0.236 e. The van der Waals surface area contributed by atoms with Gasteiger partial charge in [0.25, 0.3) is 0 Å². The summed E-state index contributed by atoms with van der Waals surface area (Å²) in [4.78, 5) is 19.1. The zero-order valence-electron chi connectivity index (χ0n) is 13.5. The van der Waals surface area contributed by atoms with E-state index in [0.29, 0.717) is 6.54 Å². The van der Waals surface area contributed by atoms with Gasteiger partial charge < -0.3 is 15.1 Å². The van der Waals surface area contributed by atoms with Crippen molar-refractivity contribution in [1.29, 1.82) is 0 Å². The van der Waals surface area contributed by atoms with Crippen molar-refractivity contribution in [3.63, 3.8) is 0 Å². The molecule has 2 heterocycles. The molecular weight excluding hydrogens is 312 g/mol. The lowest BCUT2D eigenvalue weighted by Crippen LogP contribution is -2.51. The van der Waals surface area contributed by atoms with Crippen LogP contribution in [-0.2, 0) is 4.79 Å². The Morgan fingerprint density at radius 2 is 1.91 bits per heavy atom. The summed E-state index contributed by atoms with van der Waals surface area (Å²) in [6.07, 6.45) is 1.12. The second-order valence-corrected chi connectivity index (χ2v) is 6.66. The molecule has 2 aliphatic rings. The molecule has 1 N–H and O–H groups in total. The van der Waals surface area contributed by atoms with E-state index in [1.54, 1.807) is 0 Å². The van der Waals surface area contributed by atoms with Crippen molar-refractivity contribution in [2.24, 2.45) is 0 Å². The number of nitrogens with zero attached hydrogens (tertiary/aromatic N) is 3. The molecule has 0 atom stereocenters. The zero-order valence-corrected chi connectivity index (χ0v) is 14.3. The third-order valence-corrected chi connectivity index (χ3v) is 4.83. The van der Waals surface area contributed by atoms with E-state index in [9.17, 15) is 4.79 Å². The predicted octanol–water partition coefficient (Wildman–Crippen LogP) is 1.28. The number of piperazine rings is 1. The molecule has 0 aromatic heterocycles. The van der Waals surface area contributed by atoms with Gasteiger partial charge in [0.2, 0.25) is 5.91 Å². The molecule has 0 unspecified atom stereocenters. The minimum absolute atomic E-state index is 0.262. The fourth-order valence-corrected chi connectivity index (χ4v) is 3.42. The highest BCUT2D eigenvalue weighted by Gasteiger charge is 2.23. The molecule has 0 bridgehead atoms. The zero-order chi connectivity index (χ0) is 16.1. The minimum atomic E-state index is 0.262. The summed E-state index contributed by atoms with van der Waals surface area (Å²) in [6.45, 7) is 7.89. The molecular formula is C17H25ClN4O. The van der Waals surface area contributed by atoms with Gasteiger partial charge in [-0.25, -0.2) is 0 Å². The van der Waals surface area contributed by atoms with Crippen molar-refractivity contribution in [3.05, 3.63) is 29.3 Å². The van der Waals surface area contributed by atoms with Gasteiger partial charge in [0.15, 0.2) is 0 Å². The predicted molar refractivity (Wildman–Crippen MR) is 94.2 cm³/mol. The monoisotopic (exact) mass is 336 g/mol. The van der Waals surface area contributed by atoms with Crippen molar-refractivity contribution in [2.45, 2.75) is 6.42 Å². The average molecular weight is 337 g/mol. The van der Waals surface area contributed by atoms with Crippen molar-refractivity contribution >= 4 is 23.2 Å². The van der Waals surface area contributed by atoms with E-state index >= 15 is 0 Å². The average Bonchev–Trinajstić information content (AvgIpc) is 2.84. The Balaban J connectivity index is 1.49. The van der Waals surface area contributed by atoms with Crippen LogP contribution in [0.5, 0.6) is 0 Å². The molecule has 126 valence electrons. The van der Waals surface area contributed by atoms with Crippen LogP contribution in [0.2, 0.25) is 5.02 Å². The van der Waals surface area contributed by atoms with Crippen molar-refractivity contribution in [3.8, 4) is 0 Å². The van der Waals surface area contributed by atoms with Crippen molar-refractivity contribution < 1.29 is 4.79 Å². The van der Waals surface area contributed by atoms with Crippen LogP contribution >= 0.6 is 11.6 Å². The Labute approximate surface area is 143 Å². The van der Waals surface area contributed by atoms with Crippen LogP contribution in [0.4, 0.5) is 5.69 Å². The van der Waals surface area contributed by atoms with Gasteiger partial charge >= 0.3 is 0 Å². The molecule has 0 radical (unpaired) electrons. The highest BCUT2D eigenvalue weighted by Crippen LogP contribution is 2.20. The quantitative estimate of drug-likeness (QED) is 0.902. The third kappa shape index (κ3) is 4.59. The van der Waals surface area contributed by atoms with Crippen molar-refractivity contribution in [2.75, 3.05) is 63.8 Å². The lowest BCUT2D eigenvalue weighted by Gasteiger charge is -2.37. The summed E-state index contributed by atoms with van der Waals surface area (Å²) in [5, 5.41) is 4.13. The van der Waals surface area contributed by atoms with Crippen LogP contribution in [0, 0.1) is 0 Å². The first-order chi connectivity index (χ1) is 11.2. The number of rotatable bonds is 3. The standard InChI is InChI=1S/C17H25ClN4O/c18-15-3-1-4-16(13-15)21-9-11-22(12-10-21)17(23)14-20-7-2-5-19-6-8-20/h1,3-4,13,19H,2,5-12,14H2. The van der Waals surface area contributed by atoms with Gasteiger partial charge in [-0.3, -0.25) is 9.69 Å². The lowest BCUT2D eigenvalue weighted by molar-refractivity contribution is -0.132. The highest BCUT2D eigenvalue weighted by molar-refractivity contribution is 6.30. The Bertz CT molecular complexity index is 523. The van der Waals surface area contributed by atoms with Gasteiger partial charge in [0.1, 0.15) is 0 Å². The largest absolute Gasteiger partial charge is 0.368 e. The SMILES string of the molecule is O=C(CN1CCCNCC1)N1CCN(c2cccc(Cl)c2)CC1. The number of amides is 1. The maximum atomic E-state index is 12.5. The number of anilines is 1. The number of halogens is 1. The van der Waals surface area contributed by atoms with E-state index in [0.717, 1.165) is 69.5 Å². The van der Waals surface area contributed by atoms with Gasteiger partial charge in [0, 0.05) is 50.0 Å². The van der Waals surface area contributed by atoms with Gasteiger partial charge in [-0.15, -0.1) is 0 Å². The molecule has 5 nitrogen and oxygen atoms in total. The molecule has 1 aromatic rings. The van der Waals surface area contributed by atoms with E-state index in [1.807, 2.05) is 23.1 Å². The number of carbonyl (C=O) groups is 1.